The number of anilines is 1. The van der Waals surface area contributed by atoms with Crippen molar-refractivity contribution in [3.05, 3.63) is 28.2 Å². The summed E-state index contributed by atoms with van der Waals surface area (Å²) >= 11 is 1.57. The number of aryl methyl sites for hydroxylation is 1. The lowest BCUT2D eigenvalue weighted by Gasteiger charge is -2.39. The molecule has 0 bridgehead atoms. The van der Waals surface area contributed by atoms with E-state index in [2.05, 4.69) is 15.4 Å². The van der Waals surface area contributed by atoms with Gasteiger partial charge in [-0.2, -0.15) is 10.1 Å². The number of carbonyl (C=O) groups is 1. The second-order valence-electron chi connectivity index (χ2n) is 6.99. The summed E-state index contributed by atoms with van der Waals surface area (Å²) in [4.78, 5) is 19.6. The molecule has 26 heavy (non-hydrogen) atoms. The summed E-state index contributed by atoms with van der Waals surface area (Å²) < 4.78 is 28.1. The van der Waals surface area contributed by atoms with E-state index in [1.807, 2.05) is 23.3 Å². The third-order valence-electron chi connectivity index (χ3n) is 5.36. The molecule has 9 heteroatoms. The first-order valence-electron chi connectivity index (χ1n) is 8.81. The first kappa shape index (κ1) is 17.4. The molecule has 0 aliphatic carbocycles. The van der Waals surface area contributed by atoms with Crippen molar-refractivity contribution in [1.82, 2.24) is 19.7 Å². The van der Waals surface area contributed by atoms with E-state index in [-0.39, 0.29) is 17.9 Å². The quantitative estimate of drug-likeness (QED) is 0.887. The van der Waals surface area contributed by atoms with Crippen LogP contribution in [-0.4, -0.2) is 51.1 Å². The molecule has 2 aliphatic rings. The van der Waals surface area contributed by atoms with Gasteiger partial charge in [0.25, 0.3) is 12.3 Å². The van der Waals surface area contributed by atoms with E-state index in [4.69, 9.17) is 0 Å². The van der Waals surface area contributed by atoms with Crippen LogP contribution in [0.4, 0.5) is 14.7 Å². The van der Waals surface area contributed by atoms with E-state index in [0.717, 1.165) is 23.3 Å². The van der Waals surface area contributed by atoms with Gasteiger partial charge >= 0.3 is 0 Å². The van der Waals surface area contributed by atoms with Crippen LogP contribution in [0, 0.1) is 12.8 Å². The van der Waals surface area contributed by atoms with E-state index < -0.39 is 12.5 Å². The summed E-state index contributed by atoms with van der Waals surface area (Å²) in [5.74, 6) is 0.725. The molecule has 4 heterocycles. The highest BCUT2D eigenvalue weighted by molar-refractivity contribution is 7.10. The van der Waals surface area contributed by atoms with Crippen LogP contribution >= 0.6 is 11.3 Å². The summed E-state index contributed by atoms with van der Waals surface area (Å²) in [5, 5.41) is 9.08. The number of nitrogens with one attached hydrogen (secondary N) is 1. The molecular formula is C17H21F2N5OS. The maximum atomic E-state index is 13.4. The Kier molecular flexibility index (Phi) is 4.64. The van der Waals surface area contributed by atoms with Crippen molar-refractivity contribution in [1.29, 1.82) is 0 Å². The van der Waals surface area contributed by atoms with Gasteiger partial charge in [0, 0.05) is 29.4 Å². The van der Waals surface area contributed by atoms with Gasteiger partial charge < -0.3 is 10.2 Å². The Bertz CT molecular complexity index is 784. The summed E-state index contributed by atoms with van der Waals surface area (Å²) in [6, 6.07) is 0.917. The van der Waals surface area contributed by atoms with Crippen LogP contribution in [-0.2, 0) is 0 Å². The zero-order valence-corrected chi connectivity index (χ0v) is 15.3. The lowest BCUT2D eigenvalue weighted by molar-refractivity contribution is 0.0537. The van der Waals surface area contributed by atoms with Crippen LogP contribution in [0.2, 0.25) is 0 Å². The lowest BCUT2D eigenvalue weighted by Crippen LogP contribution is -2.46. The zero-order valence-electron chi connectivity index (χ0n) is 14.4. The molecule has 1 amide bonds. The molecule has 0 aromatic carbocycles. The molecule has 6 nitrogen and oxygen atoms in total. The molecule has 2 aromatic heterocycles. The number of halogens is 2. The predicted octanol–water partition coefficient (Wildman–Crippen LogP) is 3.19. The van der Waals surface area contributed by atoms with Crippen LogP contribution in [0.5, 0.6) is 0 Å². The number of aromatic nitrogens is 3. The van der Waals surface area contributed by atoms with Crippen molar-refractivity contribution < 1.29 is 13.6 Å². The van der Waals surface area contributed by atoms with Crippen molar-refractivity contribution in [2.75, 3.05) is 18.4 Å². The maximum absolute atomic E-state index is 13.4. The van der Waals surface area contributed by atoms with Crippen molar-refractivity contribution in [3.63, 3.8) is 0 Å². The normalized spacial score (nSPS) is 23.8. The van der Waals surface area contributed by atoms with E-state index in [0.29, 0.717) is 25.5 Å². The van der Waals surface area contributed by atoms with Crippen LogP contribution in [0.15, 0.2) is 17.8 Å². The van der Waals surface area contributed by atoms with Crippen molar-refractivity contribution >= 4 is 23.2 Å². The number of alkyl halides is 2. The third-order valence-corrected chi connectivity index (χ3v) is 6.22. The molecule has 1 N–H and O–H groups in total. The first-order chi connectivity index (χ1) is 12.5. The van der Waals surface area contributed by atoms with Crippen molar-refractivity contribution in [3.8, 4) is 0 Å². The number of nitrogens with zero attached hydrogens (tertiary/aromatic N) is 4. The summed E-state index contributed by atoms with van der Waals surface area (Å²) in [5.41, 5.74) is 0.743. The Labute approximate surface area is 154 Å². The van der Waals surface area contributed by atoms with Gasteiger partial charge in [0.2, 0.25) is 5.95 Å². The molecule has 1 saturated heterocycles. The topological polar surface area (TPSA) is 63.1 Å². The minimum absolute atomic E-state index is 0.0636. The van der Waals surface area contributed by atoms with Gasteiger partial charge in [-0.3, -0.25) is 4.79 Å². The van der Waals surface area contributed by atoms with E-state index >= 15 is 0 Å². The standard InChI is InChI=1S/C17H21F2N5OS/c1-10-6-12(8-26-10)16(25)23-4-2-11(3-5-23)13-7-14(15(18)19)24-17(22-13)20-9-21-24/h6,8-9,11,13-15H,2-5,7H2,1H3,(H,20,21,22)/t13-,14+/m0/s1. The Morgan fingerprint density at radius 1 is 1.38 bits per heavy atom. The number of carbonyl (C=O) groups excluding carboxylic acids is 1. The fourth-order valence-corrected chi connectivity index (χ4v) is 4.62. The van der Waals surface area contributed by atoms with E-state index in [1.165, 1.54) is 11.0 Å². The molecule has 0 unspecified atom stereocenters. The van der Waals surface area contributed by atoms with Gasteiger partial charge in [-0.25, -0.2) is 13.5 Å². The maximum Gasteiger partial charge on any atom is 0.260 e. The minimum Gasteiger partial charge on any atom is -0.351 e. The van der Waals surface area contributed by atoms with Crippen LogP contribution in [0.1, 0.15) is 40.5 Å². The number of hydrogen-bond acceptors (Lipinski definition) is 5. The van der Waals surface area contributed by atoms with Crippen LogP contribution in [0.25, 0.3) is 0 Å². The Hall–Kier alpha value is -2.03. The van der Waals surface area contributed by atoms with Crippen molar-refractivity contribution in [2.45, 2.75) is 44.7 Å². The Morgan fingerprint density at radius 3 is 2.81 bits per heavy atom. The number of piperidine rings is 1. The highest BCUT2D eigenvalue weighted by atomic mass is 32.1. The molecule has 0 spiro atoms. The number of fused-ring (bicyclic) bond motifs is 1. The molecule has 2 aromatic rings. The smallest absolute Gasteiger partial charge is 0.260 e. The van der Waals surface area contributed by atoms with Gasteiger partial charge in [0.15, 0.2) is 0 Å². The summed E-state index contributed by atoms with van der Waals surface area (Å²) in [6.07, 6.45) is 0.775. The molecule has 0 saturated carbocycles. The van der Waals surface area contributed by atoms with Gasteiger partial charge in [-0.15, -0.1) is 11.3 Å². The molecule has 140 valence electrons. The average molecular weight is 381 g/mol. The van der Waals surface area contributed by atoms with Gasteiger partial charge in [-0.1, -0.05) is 0 Å². The fraction of sp³-hybridized carbons (Fsp3) is 0.588. The number of thiophene rings is 1. The molecule has 2 atom stereocenters. The highest BCUT2D eigenvalue weighted by Gasteiger charge is 2.38. The molecule has 2 aliphatic heterocycles. The number of hydrogen-bond donors (Lipinski definition) is 1. The molecular weight excluding hydrogens is 360 g/mol. The summed E-state index contributed by atoms with van der Waals surface area (Å²) in [6.45, 7) is 3.30. The Balaban J connectivity index is 1.40. The SMILES string of the molecule is Cc1cc(C(=O)N2CCC([C@@H]3C[C@H](C(F)F)n4ncnc4N3)CC2)cs1. The van der Waals surface area contributed by atoms with Crippen LogP contribution < -0.4 is 5.32 Å². The highest BCUT2D eigenvalue weighted by Crippen LogP contribution is 2.35. The second-order valence-corrected chi connectivity index (χ2v) is 8.11. The minimum atomic E-state index is -2.47. The van der Waals surface area contributed by atoms with E-state index in [1.54, 1.807) is 11.3 Å². The predicted molar refractivity (Wildman–Crippen MR) is 94.8 cm³/mol. The van der Waals surface area contributed by atoms with Crippen LogP contribution in [0.3, 0.4) is 0 Å². The monoisotopic (exact) mass is 381 g/mol. The third kappa shape index (κ3) is 3.20. The first-order valence-corrected chi connectivity index (χ1v) is 9.69. The molecule has 1 fully saturated rings. The largest absolute Gasteiger partial charge is 0.351 e. The number of likely N-dealkylation sites (tertiary alicyclic amines) is 1. The zero-order chi connectivity index (χ0) is 18.3. The fourth-order valence-electron chi connectivity index (χ4n) is 3.94. The lowest BCUT2D eigenvalue weighted by atomic mass is 9.85. The average Bonchev–Trinajstić information content (AvgIpc) is 3.29. The van der Waals surface area contributed by atoms with Gasteiger partial charge in [-0.05, 0) is 38.2 Å². The van der Waals surface area contributed by atoms with E-state index in [9.17, 15) is 13.6 Å². The molecule has 4 rings (SSSR count). The summed E-state index contributed by atoms with van der Waals surface area (Å²) in [7, 11) is 0. The van der Waals surface area contributed by atoms with Crippen molar-refractivity contribution in [2.24, 2.45) is 5.92 Å². The van der Waals surface area contributed by atoms with Gasteiger partial charge in [0.05, 0.1) is 5.56 Å². The number of rotatable bonds is 3. The Morgan fingerprint density at radius 2 is 2.15 bits per heavy atom. The van der Waals surface area contributed by atoms with Gasteiger partial charge in [0.1, 0.15) is 12.4 Å². The second kappa shape index (κ2) is 6.94. The number of amides is 1. The molecule has 0 radical (unpaired) electrons.